The zero-order chi connectivity index (χ0) is 12.4. The van der Waals surface area contributed by atoms with Crippen molar-refractivity contribution in [3.8, 4) is 0 Å². The molecule has 2 aromatic rings. The van der Waals surface area contributed by atoms with Gasteiger partial charge in [-0.15, -0.1) is 0 Å². The van der Waals surface area contributed by atoms with Crippen LogP contribution in [0.25, 0.3) is 0 Å². The van der Waals surface area contributed by atoms with E-state index in [9.17, 15) is 9.18 Å². The topological polar surface area (TPSA) is 22.0 Å². The summed E-state index contributed by atoms with van der Waals surface area (Å²) in [6.07, 6.45) is 1.70. The van der Waals surface area contributed by atoms with Gasteiger partial charge in [-0.1, -0.05) is 12.1 Å². The fourth-order valence-corrected chi connectivity index (χ4v) is 2.39. The Labute approximate surface area is 120 Å². The summed E-state index contributed by atoms with van der Waals surface area (Å²) >= 11 is 5.18. The van der Waals surface area contributed by atoms with Crippen molar-refractivity contribution >= 4 is 38.5 Å². The van der Waals surface area contributed by atoms with Gasteiger partial charge in [0.25, 0.3) is 5.56 Å². The molecule has 88 valence electrons. The summed E-state index contributed by atoms with van der Waals surface area (Å²) in [5.74, 6) is -0.318. The number of rotatable bonds is 2. The number of hydrogen-bond donors (Lipinski definition) is 0. The molecule has 0 aliphatic carbocycles. The van der Waals surface area contributed by atoms with Gasteiger partial charge in [0.1, 0.15) is 5.82 Å². The SMILES string of the molecule is O=c1c(I)cccn1Cc1cccc(F)c1Br. The number of aromatic nitrogens is 1. The average molecular weight is 408 g/mol. The number of pyridine rings is 1. The maximum atomic E-state index is 13.3. The molecule has 0 aliphatic rings. The molecule has 17 heavy (non-hydrogen) atoms. The summed E-state index contributed by atoms with van der Waals surface area (Å²) in [6, 6.07) is 8.36. The minimum Gasteiger partial charge on any atom is -0.310 e. The van der Waals surface area contributed by atoms with Crippen molar-refractivity contribution in [1.82, 2.24) is 4.57 Å². The van der Waals surface area contributed by atoms with Gasteiger partial charge in [-0.2, -0.15) is 0 Å². The molecule has 0 N–H and O–H groups in total. The zero-order valence-electron chi connectivity index (χ0n) is 8.66. The first-order valence-corrected chi connectivity index (χ1v) is 6.74. The second kappa shape index (κ2) is 5.30. The number of hydrogen-bond acceptors (Lipinski definition) is 1. The molecule has 0 fully saturated rings. The Morgan fingerprint density at radius 1 is 1.29 bits per heavy atom. The number of nitrogens with zero attached hydrogens (tertiary/aromatic N) is 1. The Bertz CT molecular complexity index is 612. The summed E-state index contributed by atoms with van der Waals surface area (Å²) in [5.41, 5.74) is 0.679. The van der Waals surface area contributed by atoms with E-state index in [1.807, 2.05) is 22.6 Å². The molecule has 0 atom stereocenters. The first-order valence-electron chi connectivity index (χ1n) is 4.87. The van der Waals surface area contributed by atoms with Gasteiger partial charge >= 0.3 is 0 Å². The van der Waals surface area contributed by atoms with Crippen LogP contribution in [-0.2, 0) is 6.54 Å². The van der Waals surface area contributed by atoms with Crippen molar-refractivity contribution in [2.75, 3.05) is 0 Å². The number of halogens is 3. The Balaban J connectivity index is 2.42. The van der Waals surface area contributed by atoms with E-state index in [2.05, 4.69) is 15.9 Å². The molecule has 0 spiro atoms. The van der Waals surface area contributed by atoms with Crippen LogP contribution in [0, 0.1) is 9.39 Å². The second-order valence-corrected chi connectivity index (χ2v) is 5.46. The molecule has 2 rings (SSSR count). The minimum absolute atomic E-state index is 0.0655. The van der Waals surface area contributed by atoms with Gasteiger partial charge in [0.2, 0.25) is 0 Å². The van der Waals surface area contributed by atoms with Gasteiger partial charge in [0.15, 0.2) is 0 Å². The van der Waals surface area contributed by atoms with Crippen LogP contribution in [0.3, 0.4) is 0 Å². The van der Waals surface area contributed by atoms with Crippen molar-refractivity contribution in [2.45, 2.75) is 6.54 Å². The van der Waals surface area contributed by atoms with Crippen LogP contribution in [0.2, 0.25) is 0 Å². The van der Waals surface area contributed by atoms with Crippen LogP contribution in [0.1, 0.15) is 5.56 Å². The third kappa shape index (κ3) is 2.77. The molecule has 1 aromatic heterocycles. The van der Waals surface area contributed by atoms with Gasteiger partial charge in [0.05, 0.1) is 14.6 Å². The predicted molar refractivity (Wildman–Crippen MR) is 76.6 cm³/mol. The highest BCUT2D eigenvalue weighted by molar-refractivity contribution is 14.1. The fraction of sp³-hybridized carbons (Fsp3) is 0.0833. The standard InChI is InChI=1S/C12H8BrFINO/c13-11-8(3-1-4-9(11)14)7-16-6-2-5-10(15)12(16)17/h1-6H,7H2. The van der Waals surface area contributed by atoms with E-state index in [1.165, 1.54) is 6.07 Å². The lowest BCUT2D eigenvalue weighted by Crippen LogP contribution is -2.22. The molecular weight excluding hydrogens is 400 g/mol. The smallest absolute Gasteiger partial charge is 0.264 e. The third-order valence-corrected chi connectivity index (χ3v) is 4.06. The van der Waals surface area contributed by atoms with Gasteiger partial charge in [-0.25, -0.2) is 4.39 Å². The zero-order valence-corrected chi connectivity index (χ0v) is 12.4. The predicted octanol–water partition coefficient (Wildman–Crippen LogP) is 3.40. The molecule has 1 aromatic carbocycles. The van der Waals surface area contributed by atoms with Crippen molar-refractivity contribution in [1.29, 1.82) is 0 Å². The van der Waals surface area contributed by atoms with Crippen LogP contribution in [0.4, 0.5) is 4.39 Å². The van der Waals surface area contributed by atoms with Gasteiger partial charge in [0, 0.05) is 6.20 Å². The molecule has 0 saturated carbocycles. The Hall–Kier alpha value is -0.690. The lowest BCUT2D eigenvalue weighted by Gasteiger charge is -2.08. The second-order valence-electron chi connectivity index (χ2n) is 3.50. The first-order chi connectivity index (χ1) is 8.09. The maximum absolute atomic E-state index is 13.3. The van der Waals surface area contributed by atoms with E-state index in [0.717, 1.165) is 5.56 Å². The van der Waals surface area contributed by atoms with Crippen molar-refractivity contribution in [3.63, 3.8) is 0 Å². The van der Waals surface area contributed by atoms with E-state index in [0.29, 0.717) is 14.6 Å². The van der Waals surface area contributed by atoms with E-state index in [1.54, 1.807) is 35.0 Å². The Morgan fingerprint density at radius 3 is 2.82 bits per heavy atom. The van der Waals surface area contributed by atoms with Crippen LogP contribution in [-0.4, -0.2) is 4.57 Å². The highest BCUT2D eigenvalue weighted by Crippen LogP contribution is 2.20. The first kappa shape index (κ1) is 12.8. The normalized spacial score (nSPS) is 10.5. The quantitative estimate of drug-likeness (QED) is 0.699. The summed E-state index contributed by atoms with van der Waals surface area (Å²) < 4.78 is 15.9. The highest BCUT2D eigenvalue weighted by atomic mass is 127. The van der Waals surface area contributed by atoms with E-state index in [-0.39, 0.29) is 11.4 Å². The number of benzene rings is 1. The summed E-state index contributed by atoms with van der Waals surface area (Å²) in [5, 5.41) is 0. The van der Waals surface area contributed by atoms with Gasteiger partial charge in [-0.3, -0.25) is 4.79 Å². The van der Waals surface area contributed by atoms with Gasteiger partial charge < -0.3 is 4.57 Å². The highest BCUT2D eigenvalue weighted by Gasteiger charge is 2.07. The molecule has 0 amide bonds. The van der Waals surface area contributed by atoms with E-state index < -0.39 is 0 Å². The van der Waals surface area contributed by atoms with Crippen LogP contribution < -0.4 is 5.56 Å². The van der Waals surface area contributed by atoms with Crippen LogP contribution >= 0.6 is 38.5 Å². The maximum Gasteiger partial charge on any atom is 0.264 e. The molecule has 0 radical (unpaired) electrons. The van der Waals surface area contributed by atoms with Crippen LogP contribution in [0.15, 0.2) is 45.8 Å². The third-order valence-electron chi connectivity index (χ3n) is 2.35. The van der Waals surface area contributed by atoms with E-state index >= 15 is 0 Å². The van der Waals surface area contributed by atoms with Crippen LogP contribution in [0.5, 0.6) is 0 Å². The summed E-state index contributed by atoms with van der Waals surface area (Å²) in [6.45, 7) is 0.355. The van der Waals surface area contributed by atoms with Crippen molar-refractivity contribution < 1.29 is 4.39 Å². The summed E-state index contributed by atoms with van der Waals surface area (Å²) in [4.78, 5) is 11.8. The Morgan fingerprint density at radius 2 is 2.06 bits per heavy atom. The fourth-order valence-electron chi connectivity index (χ4n) is 1.49. The lowest BCUT2D eigenvalue weighted by atomic mass is 10.2. The largest absolute Gasteiger partial charge is 0.310 e. The molecular formula is C12H8BrFINO. The van der Waals surface area contributed by atoms with Gasteiger partial charge in [-0.05, 0) is 62.3 Å². The average Bonchev–Trinajstić information content (AvgIpc) is 2.31. The molecule has 2 nitrogen and oxygen atoms in total. The summed E-state index contributed by atoms with van der Waals surface area (Å²) in [7, 11) is 0. The van der Waals surface area contributed by atoms with Crippen molar-refractivity contribution in [2.24, 2.45) is 0 Å². The molecule has 0 aliphatic heterocycles. The molecule has 0 bridgehead atoms. The Kier molecular flexibility index (Phi) is 3.98. The minimum atomic E-state index is -0.318. The molecule has 1 heterocycles. The molecule has 0 saturated heterocycles. The van der Waals surface area contributed by atoms with Crippen molar-refractivity contribution in [3.05, 3.63) is 66.3 Å². The molecule has 5 heteroatoms. The lowest BCUT2D eigenvalue weighted by molar-refractivity contribution is 0.615. The van der Waals surface area contributed by atoms with E-state index in [4.69, 9.17) is 0 Å². The monoisotopic (exact) mass is 407 g/mol. The molecule has 0 unspecified atom stereocenters.